The predicted octanol–water partition coefficient (Wildman–Crippen LogP) is -0.882. The van der Waals surface area contributed by atoms with Crippen molar-refractivity contribution in [3.63, 3.8) is 0 Å². The second-order valence-corrected chi connectivity index (χ2v) is 4.46. The van der Waals surface area contributed by atoms with E-state index in [9.17, 15) is 14.0 Å². The fourth-order valence-electron chi connectivity index (χ4n) is 2.39. The summed E-state index contributed by atoms with van der Waals surface area (Å²) in [5.74, 6) is 0. The second kappa shape index (κ2) is 5.09. The van der Waals surface area contributed by atoms with Crippen LogP contribution in [0.5, 0.6) is 0 Å². The van der Waals surface area contributed by atoms with Gasteiger partial charge < -0.3 is 18.9 Å². The highest BCUT2D eigenvalue weighted by molar-refractivity contribution is 4.96. The summed E-state index contributed by atoms with van der Waals surface area (Å²) in [4.78, 5) is 24.9. The van der Waals surface area contributed by atoms with Gasteiger partial charge >= 0.3 is 5.69 Å². The van der Waals surface area contributed by atoms with Gasteiger partial charge in [-0.05, 0) is 0 Å². The number of rotatable bonds is 3. The lowest BCUT2D eigenvalue weighted by atomic mass is 10.1. The average molecular weight is 288 g/mol. The third-order valence-electron chi connectivity index (χ3n) is 3.29. The topological polar surface area (TPSA) is 91.8 Å². The zero-order valence-corrected chi connectivity index (χ0v) is 10.5. The number of hydrogen-bond acceptors (Lipinski definition) is 6. The maximum atomic E-state index is 13.0. The molecule has 0 aliphatic carbocycles. The standard InChI is InChI=1S/C11H13FN2O6/c1-17-11-19-7-5(4-12)18-9(8(7)20-11)14-3-2-6(15)13-10(14)16/h2-3,5,7-9,11H,4H2,1H3,(H,13,15,16)/t5-,7+,8+,9+,11?/m0/s1. The normalized spacial score (nSPS) is 36.2. The molecule has 5 atom stereocenters. The Hall–Kier alpha value is -1.55. The van der Waals surface area contributed by atoms with Gasteiger partial charge in [0.05, 0.1) is 0 Å². The van der Waals surface area contributed by atoms with Gasteiger partial charge in [0.15, 0.2) is 6.23 Å². The van der Waals surface area contributed by atoms with Gasteiger partial charge in [-0.3, -0.25) is 14.3 Å². The monoisotopic (exact) mass is 288 g/mol. The highest BCUT2D eigenvalue weighted by Gasteiger charge is 2.54. The summed E-state index contributed by atoms with van der Waals surface area (Å²) in [5, 5.41) is 0. The Morgan fingerprint density at radius 3 is 2.75 bits per heavy atom. The summed E-state index contributed by atoms with van der Waals surface area (Å²) in [6, 6.07) is 1.17. The molecule has 0 aromatic carbocycles. The molecule has 1 aromatic rings. The number of halogens is 1. The van der Waals surface area contributed by atoms with Gasteiger partial charge in [-0.15, -0.1) is 0 Å². The zero-order valence-electron chi connectivity index (χ0n) is 10.5. The van der Waals surface area contributed by atoms with Gasteiger partial charge in [-0.2, -0.15) is 0 Å². The van der Waals surface area contributed by atoms with Gasteiger partial charge in [-0.1, -0.05) is 0 Å². The van der Waals surface area contributed by atoms with Gasteiger partial charge in [0, 0.05) is 19.4 Å². The minimum absolute atomic E-state index is 0.527. The molecule has 1 unspecified atom stereocenters. The number of nitrogens with zero attached hydrogens (tertiary/aromatic N) is 1. The molecule has 0 saturated carbocycles. The lowest BCUT2D eigenvalue weighted by Gasteiger charge is -2.19. The molecule has 0 bridgehead atoms. The first-order valence-corrected chi connectivity index (χ1v) is 6.00. The van der Waals surface area contributed by atoms with E-state index >= 15 is 0 Å². The zero-order chi connectivity index (χ0) is 14.3. The van der Waals surface area contributed by atoms with E-state index in [4.69, 9.17) is 18.9 Å². The van der Waals surface area contributed by atoms with Crippen molar-refractivity contribution in [1.29, 1.82) is 0 Å². The quantitative estimate of drug-likeness (QED) is 0.776. The largest absolute Gasteiger partial charge is 0.346 e. The highest BCUT2D eigenvalue weighted by atomic mass is 19.1. The average Bonchev–Trinajstić information content (AvgIpc) is 2.97. The van der Waals surface area contributed by atoms with Crippen LogP contribution >= 0.6 is 0 Å². The first-order valence-electron chi connectivity index (χ1n) is 6.00. The lowest BCUT2D eigenvalue weighted by Crippen LogP contribution is -2.36. The van der Waals surface area contributed by atoms with Gasteiger partial charge in [0.1, 0.15) is 25.0 Å². The molecular weight excluding hydrogens is 275 g/mol. The summed E-state index contributed by atoms with van der Waals surface area (Å²) in [6.07, 6.45) is -1.83. The van der Waals surface area contributed by atoms with Gasteiger partial charge in [0.2, 0.25) is 0 Å². The molecule has 3 rings (SSSR count). The van der Waals surface area contributed by atoms with E-state index in [-0.39, 0.29) is 0 Å². The summed E-state index contributed by atoms with van der Waals surface area (Å²) >= 11 is 0. The summed E-state index contributed by atoms with van der Waals surface area (Å²) < 4.78 is 35.2. The number of H-pyrrole nitrogens is 1. The number of fused-ring (bicyclic) bond motifs is 1. The first-order chi connectivity index (χ1) is 9.63. The summed E-state index contributed by atoms with van der Waals surface area (Å²) in [5.41, 5.74) is -1.19. The van der Waals surface area contributed by atoms with E-state index in [1.807, 2.05) is 0 Å². The van der Waals surface area contributed by atoms with Crippen molar-refractivity contribution in [2.24, 2.45) is 0 Å². The summed E-state index contributed by atoms with van der Waals surface area (Å²) in [6.45, 7) is -1.71. The van der Waals surface area contributed by atoms with Crippen LogP contribution in [0.2, 0.25) is 0 Å². The molecule has 2 aliphatic heterocycles. The third kappa shape index (κ3) is 2.08. The smallest absolute Gasteiger partial charge is 0.330 e. The molecule has 0 spiro atoms. The molecule has 110 valence electrons. The van der Waals surface area contributed by atoms with Crippen molar-refractivity contribution in [3.8, 4) is 0 Å². The number of ether oxygens (including phenoxy) is 4. The Labute approximate surface area is 112 Å². The third-order valence-corrected chi connectivity index (χ3v) is 3.29. The van der Waals surface area contributed by atoms with Crippen LogP contribution in [0.25, 0.3) is 0 Å². The number of methoxy groups -OCH3 is 1. The van der Waals surface area contributed by atoms with Crippen molar-refractivity contribution < 1.29 is 23.3 Å². The fourth-order valence-corrected chi connectivity index (χ4v) is 2.39. The van der Waals surface area contributed by atoms with E-state index in [0.717, 1.165) is 4.57 Å². The van der Waals surface area contributed by atoms with Crippen LogP contribution in [0.4, 0.5) is 4.39 Å². The molecule has 3 heterocycles. The molecule has 8 nitrogen and oxygen atoms in total. The summed E-state index contributed by atoms with van der Waals surface area (Å²) in [7, 11) is 1.39. The van der Waals surface area contributed by atoms with E-state index < -0.39 is 48.9 Å². The molecule has 9 heteroatoms. The highest BCUT2D eigenvalue weighted by Crippen LogP contribution is 2.38. The van der Waals surface area contributed by atoms with Crippen molar-refractivity contribution in [1.82, 2.24) is 9.55 Å². The van der Waals surface area contributed by atoms with E-state index in [1.54, 1.807) is 0 Å². The number of aromatic nitrogens is 2. The number of nitrogens with one attached hydrogen (secondary N) is 1. The van der Waals surface area contributed by atoms with Crippen LogP contribution in [-0.2, 0) is 18.9 Å². The molecule has 0 amide bonds. The van der Waals surface area contributed by atoms with Gasteiger partial charge in [0.25, 0.3) is 12.0 Å². The molecular formula is C11H13FN2O6. The molecule has 2 saturated heterocycles. The molecule has 1 aromatic heterocycles. The maximum absolute atomic E-state index is 13.0. The van der Waals surface area contributed by atoms with Crippen molar-refractivity contribution in [3.05, 3.63) is 33.1 Å². The first kappa shape index (κ1) is 13.4. The number of alkyl halides is 1. The minimum Gasteiger partial charge on any atom is -0.346 e. The van der Waals surface area contributed by atoms with Crippen LogP contribution in [0, 0.1) is 0 Å². The number of aromatic amines is 1. The van der Waals surface area contributed by atoms with Crippen LogP contribution in [-0.4, -0.2) is 48.1 Å². The Balaban J connectivity index is 1.93. The number of hydrogen-bond donors (Lipinski definition) is 1. The van der Waals surface area contributed by atoms with Gasteiger partial charge in [-0.25, -0.2) is 9.18 Å². The van der Waals surface area contributed by atoms with Crippen molar-refractivity contribution in [2.75, 3.05) is 13.8 Å². The van der Waals surface area contributed by atoms with Crippen molar-refractivity contribution in [2.45, 2.75) is 31.0 Å². The molecule has 2 aliphatic rings. The van der Waals surface area contributed by atoms with Crippen molar-refractivity contribution >= 4 is 0 Å². The Morgan fingerprint density at radius 2 is 2.10 bits per heavy atom. The van der Waals surface area contributed by atoms with E-state index in [2.05, 4.69) is 4.98 Å². The molecule has 2 fully saturated rings. The van der Waals surface area contributed by atoms with E-state index in [1.165, 1.54) is 19.4 Å². The minimum atomic E-state index is -0.927. The lowest BCUT2D eigenvalue weighted by molar-refractivity contribution is -0.256. The maximum Gasteiger partial charge on any atom is 0.330 e. The second-order valence-electron chi connectivity index (χ2n) is 4.46. The van der Waals surface area contributed by atoms with Crippen LogP contribution in [0.15, 0.2) is 21.9 Å². The van der Waals surface area contributed by atoms with Crippen LogP contribution in [0.3, 0.4) is 0 Å². The van der Waals surface area contributed by atoms with E-state index in [0.29, 0.717) is 0 Å². The Morgan fingerprint density at radius 1 is 1.35 bits per heavy atom. The molecule has 20 heavy (non-hydrogen) atoms. The molecule has 1 N–H and O–H groups in total. The SMILES string of the molecule is COC1O[C@@H]2[C@H](O1)[C@H](CF)O[C@H]2n1ccc(=O)[nH]c1=O. The Bertz CT molecular complexity index is 601. The Kier molecular flexibility index (Phi) is 3.42. The van der Waals surface area contributed by atoms with Crippen LogP contribution < -0.4 is 11.2 Å². The fraction of sp³-hybridized carbons (Fsp3) is 0.636. The molecule has 0 radical (unpaired) electrons. The predicted molar refractivity (Wildman–Crippen MR) is 61.8 cm³/mol. The van der Waals surface area contributed by atoms with Crippen LogP contribution in [0.1, 0.15) is 6.23 Å².